The first kappa shape index (κ1) is 15.8. The molecule has 0 bridgehead atoms. The van der Waals surface area contributed by atoms with Crippen LogP contribution < -0.4 is 15.5 Å². The van der Waals surface area contributed by atoms with Gasteiger partial charge in [-0.25, -0.2) is 0 Å². The van der Waals surface area contributed by atoms with Gasteiger partial charge in [0.2, 0.25) is 5.91 Å². The number of benzene rings is 1. The van der Waals surface area contributed by atoms with Crippen molar-refractivity contribution in [3.63, 3.8) is 0 Å². The molecule has 2 rings (SSSR count). The van der Waals surface area contributed by atoms with Crippen molar-refractivity contribution in [3.8, 4) is 0 Å². The second-order valence-corrected chi connectivity index (χ2v) is 5.86. The second-order valence-electron chi connectivity index (χ2n) is 5.86. The van der Waals surface area contributed by atoms with E-state index in [-0.39, 0.29) is 5.91 Å². The van der Waals surface area contributed by atoms with E-state index in [4.69, 9.17) is 0 Å². The second kappa shape index (κ2) is 7.46. The summed E-state index contributed by atoms with van der Waals surface area (Å²) in [5.41, 5.74) is 4.01. The monoisotopic (exact) mass is 289 g/mol. The summed E-state index contributed by atoms with van der Waals surface area (Å²) in [5, 5.41) is 6.39. The average molecular weight is 289 g/mol. The summed E-state index contributed by atoms with van der Waals surface area (Å²) in [4.78, 5) is 13.5. The fourth-order valence-electron chi connectivity index (χ4n) is 3.00. The summed E-state index contributed by atoms with van der Waals surface area (Å²) in [6, 6.07) is 7.07. The molecule has 1 fully saturated rings. The van der Waals surface area contributed by atoms with Gasteiger partial charge < -0.3 is 15.5 Å². The number of carbonyl (C=O) groups excluding carboxylic acids is 1. The van der Waals surface area contributed by atoms with Gasteiger partial charge in [-0.15, -0.1) is 0 Å². The minimum atomic E-state index is 0.0809. The van der Waals surface area contributed by atoms with E-state index in [9.17, 15) is 4.79 Å². The van der Waals surface area contributed by atoms with E-state index in [0.717, 1.165) is 39.0 Å². The fraction of sp³-hybridized carbons (Fsp3) is 0.588. The first-order valence-electron chi connectivity index (χ1n) is 7.92. The molecule has 2 N–H and O–H groups in total. The number of amides is 1. The van der Waals surface area contributed by atoms with Crippen LogP contribution >= 0.6 is 0 Å². The van der Waals surface area contributed by atoms with Gasteiger partial charge in [-0.2, -0.15) is 0 Å². The highest BCUT2D eigenvalue weighted by atomic mass is 16.1. The summed E-state index contributed by atoms with van der Waals surface area (Å²) >= 11 is 0. The topological polar surface area (TPSA) is 44.4 Å². The molecule has 1 amide bonds. The number of nitrogens with zero attached hydrogens (tertiary/aromatic N) is 1. The first-order valence-corrected chi connectivity index (χ1v) is 7.92. The molecular formula is C17H27N3O. The number of rotatable bonds is 5. The molecule has 0 aromatic heterocycles. The van der Waals surface area contributed by atoms with E-state index in [1.807, 2.05) is 0 Å². The molecular weight excluding hydrogens is 262 g/mol. The van der Waals surface area contributed by atoms with Gasteiger partial charge in [0, 0.05) is 38.3 Å². The Morgan fingerprint density at radius 2 is 2.05 bits per heavy atom. The van der Waals surface area contributed by atoms with Crippen LogP contribution in [0.5, 0.6) is 0 Å². The Morgan fingerprint density at radius 1 is 1.33 bits per heavy atom. The van der Waals surface area contributed by atoms with Crippen LogP contribution in [0.4, 0.5) is 5.69 Å². The third-order valence-electron chi connectivity index (χ3n) is 4.08. The lowest BCUT2D eigenvalue weighted by Gasteiger charge is -2.34. The molecule has 1 heterocycles. The number of anilines is 1. The molecule has 1 saturated heterocycles. The lowest BCUT2D eigenvalue weighted by molar-refractivity contribution is -0.119. The zero-order valence-corrected chi connectivity index (χ0v) is 13.4. The number of aryl methyl sites for hydroxylation is 1. The molecule has 0 spiro atoms. The van der Waals surface area contributed by atoms with Crippen LogP contribution in [0.25, 0.3) is 0 Å². The van der Waals surface area contributed by atoms with Gasteiger partial charge in [0.1, 0.15) is 0 Å². The van der Waals surface area contributed by atoms with E-state index in [1.165, 1.54) is 16.8 Å². The summed E-state index contributed by atoms with van der Waals surface area (Å²) < 4.78 is 0. The predicted octanol–water partition coefficient (Wildman–Crippen LogP) is 2.21. The molecule has 1 aliphatic rings. The van der Waals surface area contributed by atoms with E-state index in [1.54, 1.807) is 6.92 Å². The predicted molar refractivity (Wildman–Crippen MR) is 87.6 cm³/mol. The molecule has 1 aromatic carbocycles. The molecule has 21 heavy (non-hydrogen) atoms. The molecule has 0 unspecified atom stereocenters. The maximum Gasteiger partial charge on any atom is 0.217 e. The molecule has 116 valence electrons. The third-order valence-corrected chi connectivity index (χ3v) is 4.08. The molecule has 0 aliphatic carbocycles. The van der Waals surface area contributed by atoms with E-state index in [2.05, 4.69) is 47.6 Å². The van der Waals surface area contributed by atoms with Crippen molar-refractivity contribution in [2.24, 2.45) is 0 Å². The minimum Gasteiger partial charge on any atom is -0.371 e. The molecule has 0 atom stereocenters. The molecule has 0 radical (unpaired) electrons. The Morgan fingerprint density at radius 3 is 2.62 bits per heavy atom. The normalized spacial score (nSPS) is 16.0. The first-order chi connectivity index (χ1) is 10.1. The number of carbonyl (C=O) groups is 1. The van der Waals surface area contributed by atoms with Crippen LogP contribution in [0.3, 0.4) is 0 Å². The molecule has 4 nitrogen and oxygen atoms in total. The number of hydrogen-bond acceptors (Lipinski definition) is 3. The van der Waals surface area contributed by atoms with Crippen LogP contribution in [-0.4, -0.2) is 31.6 Å². The molecule has 0 saturated carbocycles. The number of piperidine rings is 1. The van der Waals surface area contributed by atoms with Gasteiger partial charge >= 0.3 is 0 Å². The SMILES string of the molecule is CCNCc1ccc(N2CCC(NC(C)=O)CC2)c(C)c1. The Bertz CT molecular complexity index is 479. The van der Waals surface area contributed by atoms with Crippen LogP contribution in [0.15, 0.2) is 18.2 Å². The van der Waals surface area contributed by atoms with Gasteiger partial charge in [-0.3, -0.25) is 4.79 Å². The lowest BCUT2D eigenvalue weighted by Crippen LogP contribution is -2.44. The summed E-state index contributed by atoms with van der Waals surface area (Å²) in [6.45, 7) is 9.86. The highest BCUT2D eigenvalue weighted by molar-refractivity contribution is 5.73. The van der Waals surface area contributed by atoms with Gasteiger partial charge in [0.15, 0.2) is 0 Å². The van der Waals surface area contributed by atoms with Crippen molar-refractivity contribution in [2.45, 2.75) is 46.2 Å². The van der Waals surface area contributed by atoms with Crippen molar-refractivity contribution < 1.29 is 4.79 Å². The van der Waals surface area contributed by atoms with E-state index in [0.29, 0.717) is 6.04 Å². The Hall–Kier alpha value is -1.55. The van der Waals surface area contributed by atoms with Crippen molar-refractivity contribution >= 4 is 11.6 Å². The van der Waals surface area contributed by atoms with Crippen LogP contribution in [0.2, 0.25) is 0 Å². The fourth-order valence-corrected chi connectivity index (χ4v) is 3.00. The maximum absolute atomic E-state index is 11.1. The maximum atomic E-state index is 11.1. The largest absolute Gasteiger partial charge is 0.371 e. The van der Waals surface area contributed by atoms with Gasteiger partial charge in [-0.05, 0) is 43.5 Å². The van der Waals surface area contributed by atoms with Gasteiger partial charge in [0.25, 0.3) is 0 Å². The highest BCUT2D eigenvalue weighted by Gasteiger charge is 2.20. The zero-order chi connectivity index (χ0) is 15.2. The minimum absolute atomic E-state index is 0.0809. The zero-order valence-electron chi connectivity index (χ0n) is 13.4. The average Bonchev–Trinajstić information content (AvgIpc) is 2.46. The smallest absolute Gasteiger partial charge is 0.217 e. The highest BCUT2D eigenvalue weighted by Crippen LogP contribution is 2.24. The van der Waals surface area contributed by atoms with Gasteiger partial charge in [0.05, 0.1) is 0 Å². The van der Waals surface area contributed by atoms with Crippen LogP contribution in [0.1, 0.15) is 37.8 Å². The van der Waals surface area contributed by atoms with Crippen molar-refractivity contribution in [1.29, 1.82) is 0 Å². The van der Waals surface area contributed by atoms with Gasteiger partial charge in [-0.1, -0.05) is 19.1 Å². The molecule has 4 heteroatoms. The van der Waals surface area contributed by atoms with E-state index < -0.39 is 0 Å². The Balaban J connectivity index is 1.95. The molecule has 1 aromatic rings. The van der Waals surface area contributed by atoms with Crippen molar-refractivity contribution in [1.82, 2.24) is 10.6 Å². The third kappa shape index (κ3) is 4.46. The number of hydrogen-bond donors (Lipinski definition) is 2. The van der Waals surface area contributed by atoms with Crippen LogP contribution in [-0.2, 0) is 11.3 Å². The lowest BCUT2D eigenvalue weighted by atomic mass is 10.0. The Labute approximate surface area is 127 Å². The Kier molecular flexibility index (Phi) is 5.62. The van der Waals surface area contributed by atoms with Crippen molar-refractivity contribution in [2.75, 3.05) is 24.5 Å². The summed E-state index contributed by atoms with van der Waals surface area (Å²) in [7, 11) is 0. The summed E-state index contributed by atoms with van der Waals surface area (Å²) in [5.74, 6) is 0.0809. The van der Waals surface area contributed by atoms with Crippen LogP contribution in [0, 0.1) is 6.92 Å². The quantitative estimate of drug-likeness (QED) is 0.873. The molecule has 1 aliphatic heterocycles. The standard InChI is InChI=1S/C17H27N3O/c1-4-18-12-15-5-6-17(13(2)11-15)20-9-7-16(8-10-20)19-14(3)21/h5-6,11,16,18H,4,7-10,12H2,1-3H3,(H,19,21). The number of nitrogens with one attached hydrogen (secondary N) is 2. The van der Waals surface area contributed by atoms with E-state index >= 15 is 0 Å². The van der Waals surface area contributed by atoms with Crippen molar-refractivity contribution in [3.05, 3.63) is 29.3 Å². The summed E-state index contributed by atoms with van der Waals surface area (Å²) in [6.07, 6.45) is 2.05.